The normalized spacial score (nSPS) is 21.4. The number of methoxy groups -OCH3 is 2. The Morgan fingerprint density at radius 1 is 1.21 bits per heavy atom. The molecule has 148 valence electrons. The maximum Gasteiger partial charge on any atom is 0.189 e. The van der Waals surface area contributed by atoms with Crippen molar-refractivity contribution in [1.82, 2.24) is 9.97 Å². The zero-order valence-electron chi connectivity index (χ0n) is 15.7. The molecular formula is C20H21BrFN3O3. The number of alkyl halides is 2. The number of nitrogens with zero attached hydrogens (tertiary/aromatic N) is 3. The molecule has 1 unspecified atom stereocenters. The van der Waals surface area contributed by atoms with Crippen molar-refractivity contribution in [3.63, 3.8) is 0 Å². The van der Waals surface area contributed by atoms with Gasteiger partial charge in [-0.05, 0) is 40.1 Å². The molecule has 0 amide bonds. The molecule has 4 rings (SSSR count). The van der Waals surface area contributed by atoms with Crippen LogP contribution in [-0.2, 0) is 4.74 Å². The van der Waals surface area contributed by atoms with Crippen molar-refractivity contribution in [2.75, 3.05) is 38.9 Å². The van der Waals surface area contributed by atoms with Crippen LogP contribution in [0.4, 0.5) is 10.2 Å². The molecule has 0 fully saturated rings. The molecule has 28 heavy (non-hydrogen) atoms. The fourth-order valence-electron chi connectivity index (χ4n) is 3.58. The number of hydrogen-bond donors (Lipinski definition) is 0. The maximum atomic E-state index is 14.5. The van der Waals surface area contributed by atoms with Gasteiger partial charge in [-0.2, -0.15) is 0 Å². The predicted octanol–water partition coefficient (Wildman–Crippen LogP) is 4.15. The molecule has 2 aromatic rings. The molecule has 0 saturated heterocycles. The first-order valence-corrected chi connectivity index (χ1v) is 9.83. The molecule has 0 spiro atoms. The molecule has 0 N–H and O–H groups in total. The third-order valence-electron chi connectivity index (χ3n) is 4.93. The van der Waals surface area contributed by atoms with E-state index in [4.69, 9.17) is 14.2 Å². The van der Waals surface area contributed by atoms with E-state index < -0.39 is 4.58 Å². The Kier molecular flexibility index (Phi) is 5.25. The van der Waals surface area contributed by atoms with E-state index in [2.05, 4.69) is 30.8 Å². The number of allylic oxidation sites excluding steroid dienone is 3. The summed E-state index contributed by atoms with van der Waals surface area (Å²) in [6, 6.07) is 3.71. The van der Waals surface area contributed by atoms with Crippen molar-refractivity contribution in [2.45, 2.75) is 17.4 Å². The summed E-state index contributed by atoms with van der Waals surface area (Å²) in [6.07, 6.45) is 6.08. The second-order valence-corrected chi connectivity index (χ2v) is 8.02. The Labute approximate surface area is 171 Å². The van der Waals surface area contributed by atoms with Gasteiger partial charge >= 0.3 is 0 Å². The van der Waals surface area contributed by atoms with Gasteiger partial charge in [0.15, 0.2) is 16.1 Å². The highest BCUT2D eigenvalue weighted by molar-refractivity contribution is 9.10. The highest BCUT2D eigenvalue weighted by atomic mass is 79.9. The fourth-order valence-corrected chi connectivity index (χ4v) is 3.98. The Bertz CT molecular complexity index is 961. The van der Waals surface area contributed by atoms with Gasteiger partial charge in [-0.25, -0.2) is 14.4 Å². The highest BCUT2D eigenvalue weighted by Gasteiger charge is 2.35. The quantitative estimate of drug-likeness (QED) is 0.487. The number of aromatic nitrogens is 2. The topological polar surface area (TPSA) is 56.7 Å². The average molecular weight is 450 g/mol. The molecule has 8 heteroatoms. The highest BCUT2D eigenvalue weighted by Crippen LogP contribution is 2.44. The Balaban J connectivity index is 1.74. The minimum atomic E-state index is -1.53. The maximum absolute atomic E-state index is 14.5. The zero-order chi connectivity index (χ0) is 19.7. The Morgan fingerprint density at radius 2 is 2.07 bits per heavy atom. The van der Waals surface area contributed by atoms with Gasteiger partial charge < -0.3 is 19.1 Å². The zero-order valence-corrected chi connectivity index (χ0v) is 17.3. The first kappa shape index (κ1) is 19.1. The summed E-state index contributed by atoms with van der Waals surface area (Å²) < 4.78 is 29.3. The number of halogens is 2. The molecule has 1 aromatic heterocycles. The van der Waals surface area contributed by atoms with Crippen LogP contribution in [0.15, 0.2) is 41.9 Å². The molecule has 1 aliphatic carbocycles. The van der Waals surface area contributed by atoms with Gasteiger partial charge in [-0.15, -0.1) is 0 Å². The largest absolute Gasteiger partial charge is 0.493 e. The van der Waals surface area contributed by atoms with E-state index in [1.165, 1.54) is 6.33 Å². The van der Waals surface area contributed by atoms with Crippen molar-refractivity contribution in [3.8, 4) is 11.5 Å². The molecular weight excluding hydrogens is 429 g/mol. The van der Waals surface area contributed by atoms with Crippen LogP contribution in [0.1, 0.15) is 12.8 Å². The molecule has 6 nitrogen and oxygen atoms in total. The lowest BCUT2D eigenvalue weighted by atomic mass is 10.0. The lowest BCUT2D eigenvalue weighted by Crippen LogP contribution is -2.25. The van der Waals surface area contributed by atoms with E-state index in [-0.39, 0.29) is 6.42 Å². The van der Waals surface area contributed by atoms with Gasteiger partial charge in [0.05, 0.1) is 19.2 Å². The van der Waals surface area contributed by atoms with Crippen molar-refractivity contribution in [3.05, 3.63) is 41.9 Å². The molecule has 0 radical (unpaired) electrons. The van der Waals surface area contributed by atoms with Crippen molar-refractivity contribution in [1.29, 1.82) is 0 Å². The van der Waals surface area contributed by atoms with E-state index in [1.54, 1.807) is 20.3 Å². The van der Waals surface area contributed by atoms with Crippen molar-refractivity contribution >= 4 is 32.7 Å². The lowest BCUT2D eigenvalue weighted by molar-refractivity contribution is 0.144. The minimum Gasteiger partial charge on any atom is -0.493 e. The summed E-state index contributed by atoms with van der Waals surface area (Å²) in [7, 11) is 3.22. The van der Waals surface area contributed by atoms with Gasteiger partial charge in [0.25, 0.3) is 0 Å². The number of hydrogen-bond acceptors (Lipinski definition) is 6. The number of ether oxygens (including phenoxy) is 3. The fraction of sp³-hybridized carbons (Fsp3) is 0.400. The second kappa shape index (κ2) is 7.67. The predicted molar refractivity (Wildman–Crippen MR) is 109 cm³/mol. The smallest absolute Gasteiger partial charge is 0.189 e. The second-order valence-electron chi connectivity index (χ2n) is 6.70. The summed E-state index contributed by atoms with van der Waals surface area (Å²) in [5, 5.41) is 0.834. The standard InChI is InChI=1S/C20H21BrFN3O3/c1-26-7-8-28-18-10-15-14(9-17(18)27-2)19(24-12-23-15)25-6-4-13-3-5-20(21,22)11-16(13)25/h3,5,9-10,12H,4,6-8,11H2,1-2H3. The van der Waals surface area contributed by atoms with Gasteiger partial charge in [-0.1, -0.05) is 6.08 Å². The first-order valence-electron chi connectivity index (χ1n) is 9.03. The molecule has 2 aliphatic rings. The molecule has 1 aromatic carbocycles. The van der Waals surface area contributed by atoms with Crippen LogP contribution >= 0.6 is 15.9 Å². The molecule has 1 atom stereocenters. The number of anilines is 1. The van der Waals surface area contributed by atoms with Gasteiger partial charge in [-0.3, -0.25) is 0 Å². The van der Waals surface area contributed by atoms with Crippen molar-refractivity contribution in [2.24, 2.45) is 0 Å². The molecule has 0 bridgehead atoms. The number of fused-ring (bicyclic) bond motifs is 1. The monoisotopic (exact) mass is 449 g/mol. The van der Waals surface area contributed by atoms with Crippen LogP contribution in [0, 0.1) is 0 Å². The van der Waals surface area contributed by atoms with E-state index >= 15 is 0 Å². The molecule has 2 heterocycles. The van der Waals surface area contributed by atoms with Crippen LogP contribution in [0.25, 0.3) is 10.9 Å². The number of benzene rings is 1. The van der Waals surface area contributed by atoms with Crippen LogP contribution in [0.2, 0.25) is 0 Å². The third kappa shape index (κ3) is 3.58. The van der Waals surface area contributed by atoms with Crippen LogP contribution < -0.4 is 14.4 Å². The van der Waals surface area contributed by atoms with Gasteiger partial charge in [0.2, 0.25) is 0 Å². The molecule has 0 saturated carbocycles. The average Bonchev–Trinajstić information content (AvgIpc) is 3.08. The van der Waals surface area contributed by atoms with Crippen molar-refractivity contribution < 1.29 is 18.6 Å². The van der Waals surface area contributed by atoms with Gasteiger partial charge in [0, 0.05) is 37.2 Å². The van der Waals surface area contributed by atoms with E-state index in [1.807, 2.05) is 18.2 Å². The van der Waals surface area contributed by atoms with Crippen LogP contribution in [-0.4, -0.2) is 48.5 Å². The van der Waals surface area contributed by atoms with E-state index in [9.17, 15) is 4.39 Å². The summed E-state index contributed by atoms with van der Waals surface area (Å²) >= 11 is 3.15. The Morgan fingerprint density at radius 3 is 2.86 bits per heavy atom. The SMILES string of the molecule is COCCOc1cc2ncnc(N3CCC4=C3CC(F)(Br)C=C4)c2cc1OC. The lowest BCUT2D eigenvalue weighted by Gasteiger charge is -2.27. The molecule has 1 aliphatic heterocycles. The summed E-state index contributed by atoms with van der Waals surface area (Å²) in [6.45, 7) is 1.64. The van der Waals surface area contributed by atoms with E-state index in [0.29, 0.717) is 24.7 Å². The summed E-state index contributed by atoms with van der Waals surface area (Å²) in [5.41, 5.74) is 2.83. The van der Waals surface area contributed by atoms with Crippen LogP contribution in [0.3, 0.4) is 0 Å². The summed E-state index contributed by atoms with van der Waals surface area (Å²) in [5.74, 6) is 1.94. The van der Waals surface area contributed by atoms with E-state index in [0.717, 1.165) is 41.0 Å². The van der Waals surface area contributed by atoms with Crippen LogP contribution in [0.5, 0.6) is 11.5 Å². The minimum absolute atomic E-state index is 0.264. The summed E-state index contributed by atoms with van der Waals surface area (Å²) in [4.78, 5) is 11.0. The first-order chi connectivity index (χ1) is 13.5. The third-order valence-corrected chi connectivity index (χ3v) is 5.48. The number of rotatable bonds is 6. The van der Waals surface area contributed by atoms with Gasteiger partial charge in [0.1, 0.15) is 18.8 Å². The Hall–Kier alpha value is -2.19.